The number of rotatable bonds is 2. The summed E-state index contributed by atoms with van der Waals surface area (Å²) in [6.07, 6.45) is 0.926. The van der Waals surface area contributed by atoms with Crippen LogP contribution < -0.4 is 0 Å². The van der Waals surface area contributed by atoms with Crippen molar-refractivity contribution in [3.05, 3.63) is 52.8 Å². The molecule has 4 heteroatoms. The Morgan fingerprint density at radius 2 is 2.05 bits per heavy atom. The van der Waals surface area contributed by atoms with Crippen molar-refractivity contribution >= 4 is 5.91 Å². The molecule has 3 rings (SSSR count). The maximum atomic E-state index is 12.5. The van der Waals surface area contributed by atoms with Crippen LogP contribution >= 0.6 is 0 Å². The van der Waals surface area contributed by atoms with E-state index >= 15 is 0 Å². The Hall–Kier alpha value is -2.10. The predicted molar refractivity (Wildman–Crippen MR) is 77.5 cm³/mol. The fraction of sp³-hybridized carbons (Fsp3) is 0.375. The number of fused-ring (bicyclic) bond motifs is 1. The van der Waals surface area contributed by atoms with Gasteiger partial charge < -0.3 is 4.90 Å². The van der Waals surface area contributed by atoms with Gasteiger partial charge in [-0.05, 0) is 37.5 Å². The van der Waals surface area contributed by atoms with E-state index in [9.17, 15) is 4.79 Å². The molecule has 0 unspecified atom stereocenters. The summed E-state index contributed by atoms with van der Waals surface area (Å²) in [5, 5.41) is 4.38. The molecule has 0 N–H and O–H groups in total. The lowest BCUT2D eigenvalue weighted by atomic mass is 10.00. The van der Waals surface area contributed by atoms with Gasteiger partial charge in [-0.1, -0.05) is 24.3 Å². The number of nitrogens with zero attached hydrogens (tertiary/aromatic N) is 3. The van der Waals surface area contributed by atoms with Crippen LogP contribution in [-0.4, -0.2) is 27.1 Å². The van der Waals surface area contributed by atoms with E-state index in [4.69, 9.17) is 0 Å². The number of hydrogen-bond acceptors (Lipinski definition) is 2. The van der Waals surface area contributed by atoms with Crippen molar-refractivity contribution in [1.82, 2.24) is 14.7 Å². The van der Waals surface area contributed by atoms with E-state index in [0.29, 0.717) is 12.2 Å². The van der Waals surface area contributed by atoms with Gasteiger partial charge in [-0.25, -0.2) is 0 Å². The molecule has 0 bridgehead atoms. The monoisotopic (exact) mass is 269 g/mol. The van der Waals surface area contributed by atoms with Crippen LogP contribution in [0, 0.1) is 6.92 Å². The van der Waals surface area contributed by atoms with Gasteiger partial charge in [0.25, 0.3) is 5.91 Å². The Morgan fingerprint density at radius 1 is 1.30 bits per heavy atom. The molecule has 1 aliphatic rings. The average molecular weight is 269 g/mol. The van der Waals surface area contributed by atoms with E-state index in [1.54, 1.807) is 0 Å². The molecule has 1 aromatic heterocycles. The summed E-state index contributed by atoms with van der Waals surface area (Å²) in [7, 11) is 0. The van der Waals surface area contributed by atoms with Gasteiger partial charge >= 0.3 is 0 Å². The molecule has 20 heavy (non-hydrogen) atoms. The Bertz CT molecular complexity index is 645. The third-order valence-corrected chi connectivity index (χ3v) is 3.92. The average Bonchev–Trinajstić information content (AvgIpc) is 2.87. The first kappa shape index (κ1) is 12.9. The van der Waals surface area contributed by atoms with E-state index in [0.717, 1.165) is 25.2 Å². The first-order chi connectivity index (χ1) is 9.69. The van der Waals surface area contributed by atoms with E-state index in [-0.39, 0.29) is 5.91 Å². The predicted octanol–water partition coefficient (Wildman–Crippen LogP) is 2.41. The first-order valence-electron chi connectivity index (χ1n) is 7.09. The molecule has 4 nitrogen and oxygen atoms in total. The number of aromatic nitrogens is 2. The van der Waals surface area contributed by atoms with Gasteiger partial charge in [0.05, 0.1) is 0 Å². The summed E-state index contributed by atoms with van der Waals surface area (Å²) < 4.78 is 1.87. The number of carbonyl (C=O) groups excluding carboxylic acids is 1. The largest absolute Gasteiger partial charge is 0.333 e. The van der Waals surface area contributed by atoms with Crippen LogP contribution in [0.2, 0.25) is 0 Å². The third kappa shape index (κ3) is 2.22. The molecule has 0 radical (unpaired) electrons. The van der Waals surface area contributed by atoms with Gasteiger partial charge in [-0.15, -0.1) is 0 Å². The van der Waals surface area contributed by atoms with Gasteiger partial charge in [0.15, 0.2) is 5.69 Å². The minimum Gasteiger partial charge on any atom is -0.333 e. The fourth-order valence-corrected chi connectivity index (χ4v) is 2.77. The van der Waals surface area contributed by atoms with Gasteiger partial charge in [-0.3, -0.25) is 9.48 Å². The lowest BCUT2D eigenvalue weighted by Gasteiger charge is -2.28. The third-order valence-electron chi connectivity index (χ3n) is 3.92. The topological polar surface area (TPSA) is 38.1 Å². The second kappa shape index (κ2) is 5.12. The molecule has 0 aliphatic carbocycles. The molecule has 0 fully saturated rings. The highest BCUT2D eigenvalue weighted by atomic mass is 16.2. The maximum Gasteiger partial charge on any atom is 0.274 e. The van der Waals surface area contributed by atoms with Crippen LogP contribution in [0.3, 0.4) is 0 Å². The maximum absolute atomic E-state index is 12.5. The summed E-state index contributed by atoms with van der Waals surface area (Å²) in [6, 6.07) is 10.2. The SMILES string of the molecule is CCn1nc(C(=O)N2CCc3ccccc3C2)cc1C. The summed E-state index contributed by atoms with van der Waals surface area (Å²) in [5.74, 6) is 0.0369. The van der Waals surface area contributed by atoms with E-state index in [1.165, 1.54) is 11.1 Å². The van der Waals surface area contributed by atoms with Crippen LogP contribution in [0.25, 0.3) is 0 Å². The van der Waals surface area contributed by atoms with Gasteiger partial charge in [0.2, 0.25) is 0 Å². The smallest absolute Gasteiger partial charge is 0.274 e. The summed E-state index contributed by atoms with van der Waals surface area (Å²) >= 11 is 0. The van der Waals surface area contributed by atoms with E-state index < -0.39 is 0 Å². The molecule has 2 heterocycles. The second-order valence-electron chi connectivity index (χ2n) is 5.23. The Kier molecular flexibility index (Phi) is 3.30. The zero-order chi connectivity index (χ0) is 14.1. The molecule has 1 aliphatic heterocycles. The van der Waals surface area contributed by atoms with Crippen LogP contribution in [-0.2, 0) is 19.5 Å². The molecule has 0 atom stereocenters. The summed E-state index contributed by atoms with van der Waals surface area (Å²) in [5.41, 5.74) is 4.20. The lowest BCUT2D eigenvalue weighted by molar-refractivity contribution is 0.0728. The van der Waals surface area contributed by atoms with Crippen molar-refractivity contribution in [1.29, 1.82) is 0 Å². The Morgan fingerprint density at radius 3 is 2.75 bits per heavy atom. The minimum absolute atomic E-state index is 0.0369. The van der Waals surface area contributed by atoms with Crippen LogP contribution in [0.4, 0.5) is 0 Å². The number of hydrogen-bond donors (Lipinski definition) is 0. The quantitative estimate of drug-likeness (QED) is 0.839. The highest BCUT2D eigenvalue weighted by Crippen LogP contribution is 2.20. The number of amides is 1. The fourth-order valence-electron chi connectivity index (χ4n) is 2.77. The molecular weight excluding hydrogens is 250 g/mol. The van der Waals surface area contributed by atoms with Gasteiger partial charge in [0, 0.05) is 25.3 Å². The van der Waals surface area contributed by atoms with Gasteiger partial charge in [0.1, 0.15) is 0 Å². The van der Waals surface area contributed by atoms with Crippen molar-refractivity contribution in [2.45, 2.75) is 33.4 Å². The molecule has 2 aromatic rings. The van der Waals surface area contributed by atoms with Crippen molar-refractivity contribution in [2.24, 2.45) is 0 Å². The minimum atomic E-state index is 0.0369. The highest BCUT2D eigenvalue weighted by Gasteiger charge is 2.23. The van der Waals surface area contributed by atoms with Crippen molar-refractivity contribution in [2.75, 3.05) is 6.54 Å². The first-order valence-corrected chi connectivity index (χ1v) is 7.09. The zero-order valence-electron chi connectivity index (χ0n) is 12.0. The molecular formula is C16H19N3O. The highest BCUT2D eigenvalue weighted by molar-refractivity contribution is 5.92. The zero-order valence-corrected chi connectivity index (χ0v) is 12.0. The molecule has 1 aromatic carbocycles. The number of aryl methyl sites for hydroxylation is 2. The molecule has 0 saturated carbocycles. The molecule has 0 spiro atoms. The van der Waals surface area contributed by atoms with Crippen LogP contribution in [0.15, 0.2) is 30.3 Å². The molecule has 104 valence electrons. The lowest BCUT2D eigenvalue weighted by Crippen LogP contribution is -2.36. The van der Waals surface area contributed by atoms with Gasteiger partial charge in [-0.2, -0.15) is 5.10 Å². The van der Waals surface area contributed by atoms with Crippen molar-refractivity contribution < 1.29 is 4.79 Å². The second-order valence-corrected chi connectivity index (χ2v) is 5.23. The number of benzene rings is 1. The van der Waals surface area contributed by atoms with Crippen molar-refractivity contribution in [3.63, 3.8) is 0 Å². The number of carbonyl (C=O) groups is 1. The van der Waals surface area contributed by atoms with Crippen LogP contribution in [0.1, 0.15) is 34.2 Å². The Balaban J connectivity index is 1.82. The molecule has 0 saturated heterocycles. The molecule has 1 amide bonds. The standard InChI is InChI=1S/C16H19N3O/c1-3-19-12(2)10-15(17-19)16(20)18-9-8-13-6-4-5-7-14(13)11-18/h4-7,10H,3,8-9,11H2,1-2H3. The van der Waals surface area contributed by atoms with E-state index in [2.05, 4.69) is 23.3 Å². The van der Waals surface area contributed by atoms with Crippen molar-refractivity contribution in [3.8, 4) is 0 Å². The summed E-state index contributed by atoms with van der Waals surface area (Å²) in [4.78, 5) is 14.4. The Labute approximate surface area is 119 Å². The normalized spacial score (nSPS) is 14.2. The van der Waals surface area contributed by atoms with Crippen LogP contribution in [0.5, 0.6) is 0 Å². The van der Waals surface area contributed by atoms with E-state index in [1.807, 2.05) is 35.6 Å². The summed E-state index contributed by atoms with van der Waals surface area (Å²) in [6.45, 7) is 6.27.